The summed E-state index contributed by atoms with van der Waals surface area (Å²) in [5.74, 6) is 3.18. The van der Waals surface area contributed by atoms with E-state index < -0.39 is 0 Å². The molecule has 0 bridgehead atoms. The molecule has 1 aromatic carbocycles. The fourth-order valence-electron chi connectivity index (χ4n) is 1.92. The van der Waals surface area contributed by atoms with Gasteiger partial charge in [-0.1, -0.05) is 30.2 Å². The summed E-state index contributed by atoms with van der Waals surface area (Å²) in [7, 11) is 4.19. The van der Waals surface area contributed by atoms with Gasteiger partial charge < -0.3 is 4.90 Å². The van der Waals surface area contributed by atoms with Crippen LogP contribution in [0.5, 0.6) is 0 Å². The number of rotatable bonds is 5. The predicted octanol–water partition coefficient (Wildman–Crippen LogP) is 3.05. The first-order chi connectivity index (χ1) is 7.65. The molecule has 0 aromatic heterocycles. The van der Waals surface area contributed by atoms with Crippen LogP contribution in [0.2, 0.25) is 0 Å². The fourth-order valence-corrected chi connectivity index (χ4v) is 1.92. The van der Waals surface area contributed by atoms with Crippen LogP contribution in [-0.2, 0) is 0 Å². The molecular formula is C15H21N. The number of nitrogens with zero attached hydrogens (tertiary/aromatic N) is 1. The lowest BCUT2D eigenvalue weighted by Crippen LogP contribution is -2.13. The number of terminal acetylenes is 1. The molecule has 0 fully saturated rings. The van der Waals surface area contributed by atoms with E-state index in [1.54, 1.807) is 0 Å². The van der Waals surface area contributed by atoms with Crippen molar-refractivity contribution in [3.8, 4) is 12.3 Å². The normalized spacial score (nSPS) is 12.4. The Morgan fingerprint density at radius 2 is 2.00 bits per heavy atom. The molecule has 1 aromatic rings. The molecule has 0 aliphatic carbocycles. The maximum Gasteiger partial charge on any atom is 0.0452 e. The second kappa shape index (κ2) is 6.35. The summed E-state index contributed by atoms with van der Waals surface area (Å²) in [5.41, 5.74) is 2.61. The first kappa shape index (κ1) is 12.8. The quantitative estimate of drug-likeness (QED) is 0.682. The molecule has 86 valence electrons. The Bertz CT molecular complexity index is 360. The highest BCUT2D eigenvalue weighted by Crippen LogP contribution is 2.23. The van der Waals surface area contributed by atoms with E-state index in [0.29, 0.717) is 0 Å². The van der Waals surface area contributed by atoms with E-state index in [4.69, 9.17) is 6.42 Å². The minimum absolute atomic E-state index is 0.265. The van der Waals surface area contributed by atoms with Crippen LogP contribution in [0.25, 0.3) is 0 Å². The lowest BCUT2D eigenvalue weighted by atomic mass is 9.91. The van der Waals surface area contributed by atoms with Crippen molar-refractivity contribution in [1.29, 1.82) is 0 Å². The molecule has 1 unspecified atom stereocenters. The monoisotopic (exact) mass is 215 g/mol. The summed E-state index contributed by atoms with van der Waals surface area (Å²) in [6.45, 7) is 3.23. The maximum absolute atomic E-state index is 5.63. The minimum Gasteiger partial charge on any atom is -0.309 e. The second-order valence-corrected chi connectivity index (χ2v) is 4.52. The van der Waals surface area contributed by atoms with Gasteiger partial charge in [0.1, 0.15) is 0 Å². The maximum atomic E-state index is 5.63. The summed E-state index contributed by atoms with van der Waals surface area (Å²) < 4.78 is 0. The van der Waals surface area contributed by atoms with Crippen molar-refractivity contribution < 1.29 is 0 Å². The first-order valence-electron chi connectivity index (χ1n) is 5.81. The molecule has 0 amide bonds. The van der Waals surface area contributed by atoms with E-state index in [9.17, 15) is 0 Å². The molecule has 0 radical (unpaired) electrons. The minimum atomic E-state index is 0.265. The van der Waals surface area contributed by atoms with Gasteiger partial charge in [-0.25, -0.2) is 0 Å². The average Bonchev–Trinajstić information content (AvgIpc) is 2.25. The second-order valence-electron chi connectivity index (χ2n) is 4.52. The van der Waals surface area contributed by atoms with Crippen molar-refractivity contribution in [2.75, 3.05) is 20.6 Å². The highest BCUT2D eigenvalue weighted by Gasteiger charge is 2.10. The van der Waals surface area contributed by atoms with E-state index >= 15 is 0 Å². The Balaban J connectivity index is 2.62. The third-order valence-corrected chi connectivity index (χ3v) is 2.86. The molecule has 0 spiro atoms. The standard InChI is InChI=1S/C15H21N/c1-5-14(10-8-12-16(3)4)15-11-7-6-9-13(15)2/h1,6-7,9,11,14H,8,10,12H2,2-4H3. The highest BCUT2D eigenvalue weighted by molar-refractivity contribution is 5.33. The van der Waals surface area contributed by atoms with Crippen LogP contribution >= 0.6 is 0 Å². The van der Waals surface area contributed by atoms with Gasteiger partial charge in [0.05, 0.1) is 0 Å². The van der Waals surface area contributed by atoms with Gasteiger partial charge in [0.15, 0.2) is 0 Å². The molecule has 0 saturated carbocycles. The molecular weight excluding hydrogens is 194 g/mol. The third-order valence-electron chi connectivity index (χ3n) is 2.86. The summed E-state index contributed by atoms with van der Waals surface area (Å²) in [6.07, 6.45) is 7.84. The predicted molar refractivity (Wildman–Crippen MR) is 70.5 cm³/mol. The van der Waals surface area contributed by atoms with Gasteiger partial charge in [0.25, 0.3) is 0 Å². The fraction of sp³-hybridized carbons (Fsp3) is 0.467. The van der Waals surface area contributed by atoms with Crippen molar-refractivity contribution in [3.05, 3.63) is 35.4 Å². The van der Waals surface area contributed by atoms with Crippen LogP contribution in [-0.4, -0.2) is 25.5 Å². The van der Waals surface area contributed by atoms with Gasteiger partial charge in [0, 0.05) is 5.92 Å². The average molecular weight is 215 g/mol. The Hall–Kier alpha value is -1.26. The largest absolute Gasteiger partial charge is 0.309 e. The molecule has 0 heterocycles. The van der Waals surface area contributed by atoms with Crippen molar-refractivity contribution in [2.24, 2.45) is 0 Å². The van der Waals surface area contributed by atoms with Crippen LogP contribution in [0, 0.1) is 19.3 Å². The van der Waals surface area contributed by atoms with E-state index in [1.165, 1.54) is 11.1 Å². The highest BCUT2D eigenvalue weighted by atomic mass is 15.0. The lowest BCUT2D eigenvalue weighted by Gasteiger charge is -2.15. The Labute approximate surface area is 99.5 Å². The SMILES string of the molecule is C#CC(CCCN(C)C)c1ccccc1C. The molecule has 0 N–H and O–H groups in total. The van der Waals surface area contributed by atoms with Crippen LogP contribution in [0.3, 0.4) is 0 Å². The Morgan fingerprint density at radius 1 is 1.31 bits per heavy atom. The van der Waals surface area contributed by atoms with E-state index in [2.05, 4.69) is 56.1 Å². The molecule has 16 heavy (non-hydrogen) atoms. The zero-order valence-electron chi connectivity index (χ0n) is 10.5. The summed E-state index contributed by atoms with van der Waals surface area (Å²) >= 11 is 0. The van der Waals surface area contributed by atoms with E-state index in [0.717, 1.165) is 19.4 Å². The molecule has 0 aliphatic heterocycles. The van der Waals surface area contributed by atoms with Crippen LogP contribution in [0.4, 0.5) is 0 Å². The summed E-state index contributed by atoms with van der Waals surface area (Å²) in [6, 6.07) is 8.41. The number of hydrogen-bond acceptors (Lipinski definition) is 1. The van der Waals surface area contributed by atoms with Crippen LogP contribution < -0.4 is 0 Å². The van der Waals surface area contributed by atoms with Crippen LogP contribution in [0.1, 0.15) is 29.9 Å². The number of benzene rings is 1. The molecule has 1 heteroatoms. The van der Waals surface area contributed by atoms with Crippen LogP contribution in [0.15, 0.2) is 24.3 Å². The van der Waals surface area contributed by atoms with Crippen molar-refractivity contribution in [3.63, 3.8) is 0 Å². The molecule has 1 nitrogen and oxygen atoms in total. The molecule has 1 rings (SSSR count). The van der Waals surface area contributed by atoms with Gasteiger partial charge in [-0.15, -0.1) is 6.42 Å². The van der Waals surface area contributed by atoms with Crippen molar-refractivity contribution >= 4 is 0 Å². The van der Waals surface area contributed by atoms with Gasteiger partial charge in [-0.2, -0.15) is 0 Å². The van der Waals surface area contributed by atoms with Crippen molar-refractivity contribution in [1.82, 2.24) is 4.90 Å². The molecule has 0 aliphatic rings. The number of hydrogen-bond donors (Lipinski definition) is 0. The lowest BCUT2D eigenvalue weighted by molar-refractivity contribution is 0.391. The summed E-state index contributed by atoms with van der Waals surface area (Å²) in [5, 5.41) is 0. The topological polar surface area (TPSA) is 3.24 Å². The smallest absolute Gasteiger partial charge is 0.0452 e. The Kier molecular flexibility index (Phi) is 5.08. The third kappa shape index (κ3) is 3.72. The molecule has 1 atom stereocenters. The first-order valence-corrected chi connectivity index (χ1v) is 5.81. The van der Waals surface area contributed by atoms with Gasteiger partial charge in [0.2, 0.25) is 0 Å². The zero-order chi connectivity index (χ0) is 12.0. The van der Waals surface area contributed by atoms with Gasteiger partial charge in [-0.05, 0) is 51.5 Å². The van der Waals surface area contributed by atoms with E-state index in [1.807, 2.05) is 0 Å². The molecule has 0 saturated heterocycles. The van der Waals surface area contributed by atoms with Gasteiger partial charge >= 0.3 is 0 Å². The zero-order valence-corrected chi connectivity index (χ0v) is 10.5. The Morgan fingerprint density at radius 3 is 2.56 bits per heavy atom. The van der Waals surface area contributed by atoms with Crippen molar-refractivity contribution in [2.45, 2.75) is 25.7 Å². The summed E-state index contributed by atoms with van der Waals surface area (Å²) in [4.78, 5) is 2.20. The van der Waals surface area contributed by atoms with E-state index in [-0.39, 0.29) is 5.92 Å². The van der Waals surface area contributed by atoms with Gasteiger partial charge in [-0.3, -0.25) is 0 Å². The number of aryl methyl sites for hydroxylation is 1.